The molecule has 1 saturated heterocycles. The fourth-order valence-electron chi connectivity index (χ4n) is 2.79. The topological polar surface area (TPSA) is 15.3 Å². The third-order valence-electron chi connectivity index (χ3n) is 3.93. The molecule has 0 unspecified atom stereocenters. The van der Waals surface area contributed by atoms with Gasteiger partial charge in [-0.05, 0) is 42.5 Å². The van der Waals surface area contributed by atoms with Crippen LogP contribution in [0.1, 0.15) is 38.3 Å². The van der Waals surface area contributed by atoms with Gasteiger partial charge in [-0.15, -0.1) is 0 Å². The Morgan fingerprint density at radius 2 is 1.85 bits per heavy atom. The molecule has 0 spiro atoms. The molecule has 1 aromatic rings. The van der Waals surface area contributed by atoms with Crippen LogP contribution in [0, 0.1) is 5.92 Å². The van der Waals surface area contributed by atoms with Crippen LogP contribution in [0.2, 0.25) is 10.0 Å². The molecular formula is C16H24Cl2N2. The first kappa shape index (κ1) is 16.1. The lowest BCUT2D eigenvalue weighted by atomic mass is 9.95. The van der Waals surface area contributed by atoms with E-state index < -0.39 is 0 Å². The molecule has 112 valence electrons. The van der Waals surface area contributed by atoms with E-state index in [-0.39, 0.29) is 0 Å². The van der Waals surface area contributed by atoms with Crippen LogP contribution in [0.15, 0.2) is 18.2 Å². The predicted octanol–water partition coefficient (Wildman–Crippen LogP) is 4.38. The molecule has 1 aromatic carbocycles. The minimum absolute atomic E-state index is 0.380. The van der Waals surface area contributed by atoms with E-state index in [4.69, 9.17) is 23.2 Å². The molecule has 0 aliphatic carbocycles. The van der Waals surface area contributed by atoms with Crippen LogP contribution >= 0.6 is 23.2 Å². The van der Waals surface area contributed by atoms with Gasteiger partial charge in [0.25, 0.3) is 0 Å². The second-order valence-electron chi connectivity index (χ2n) is 5.94. The Morgan fingerprint density at radius 3 is 2.50 bits per heavy atom. The predicted molar refractivity (Wildman–Crippen MR) is 87.7 cm³/mol. The van der Waals surface area contributed by atoms with Crippen molar-refractivity contribution in [2.24, 2.45) is 5.92 Å². The Labute approximate surface area is 132 Å². The van der Waals surface area contributed by atoms with Gasteiger partial charge in [-0.1, -0.05) is 37.0 Å². The zero-order valence-corrected chi connectivity index (χ0v) is 13.8. The molecule has 1 heterocycles. The van der Waals surface area contributed by atoms with Crippen molar-refractivity contribution >= 4 is 23.2 Å². The largest absolute Gasteiger partial charge is 0.314 e. The first-order valence-corrected chi connectivity index (χ1v) is 8.23. The van der Waals surface area contributed by atoms with Crippen molar-refractivity contribution in [3.8, 4) is 0 Å². The van der Waals surface area contributed by atoms with E-state index in [0.29, 0.717) is 12.0 Å². The number of nitrogens with zero attached hydrogens (tertiary/aromatic N) is 1. The van der Waals surface area contributed by atoms with Crippen molar-refractivity contribution in [3.63, 3.8) is 0 Å². The molecular weight excluding hydrogens is 291 g/mol. The van der Waals surface area contributed by atoms with Crippen LogP contribution in [0.3, 0.4) is 0 Å². The van der Waals surface area contributed by atoms with Crippen LogP contribution in [0.25, 0.3) is 0 Å². The molecule has 1 N–H and O–H groups in total. The van der Waals surface area contributed by atoms with Gasteiger partial charge >= 0.3 is 0 Å². The summed E-state index contributed by atoms with van der Waals surface area (Å²) in [7, 11) is 0. The summed E-state index contributed by atoms with van der Waals surface area (Å²) in [5.41, 5.74) is 1.18. The van der Waals surface area contributed by atoms with E-state index in [2.05, 4.69) is 24.1 Å². The number of rotatable bonds is 5. The van der Waals surface area contributed by atoms with Crippen LogP contribution in [0.5, 0.6) is 0 Å². The molecule has 4 heteroatoms. The van der Waals surface area contributed by atoms with Gasteiger partial charge in [0, 0.05) is 42.3 Å². The van der Waals surface area contributed by atoms with Crippen LogP contribution in [-0.2, 0) is 0 Å². The van der Waals surface area contributed by atoms with Gasteiger partial charge in [0.1, 0.15) is 0 Å². The maximum absolute atomic E-state index is 6.42. The van der Waals surface area contributed by atoms with E-state index in [1.165, 1.54) is 12.0 Å². The summed E-state index contributed by atoms with van der Waals surface area (Å²) in [4.78, 5) is 2.54. The highest BCUT2D eigenvalue weighted by atomic mass is 35.5. The standard InChI is InChI=1S/C16H24Cl2N2/c1-12(2)3-6-16(20-9-7-19-8-10-20)14-11-13(17)4-5-15(14)18/h4-5,11-12,16,19H,3,6-10H2,1-2H3/t16-/m0/s1. The average molecular weight is 315 g/mol. The zero-order valence-electron chi connectivity index (χ0n) is 12.3. The van der Waals surface area contributed by atoms with Crippen LogP contribution in [0.4, 0.5) is 0 Å². The molecule has 1 aliphatic heterocycles. The van der Waals surface area contributed by atoms with Gasteiger partial charge in [-0.3, -0.25) is 4.90 Å². The minimum atomic E-state index is 0.380. The fraction of sp³-hybridized carbons (Fsp3) is 0.625. The Hall–Kier alpha value is -0.280. The highest BCUT2D eigenvalue weighted by molar-refractivity contribution is 6.33. The average Bonchev–Trinajstić information content (AvgIpc) is 2.43. The molecule has 2 rings (SSSR count). The Bertz CT molecular complexity index is 428. The summed E-state index contributed by atoms with van der Waals surface area (Å²) in [5.74, 6) is 0.707. The highest BCUT2D eigenvalue weighted by Crippen LogP contribution is 2.34. The lowest BCUT2D eigenvalue weighted by Crippen LogP contribution is -2.45. The van der Waals surface area contributed by atoms with Gasteiger partial charge in [-0.25, -0.2) is 0 Å². The summed E-state index contributed by atoms with van der Waals surface area (Å²) in [5, 5.41) is 5.02. The van der Waals surface area contributed by atoms with E-state index in [0.717, 1.165) is 42.6 Å². The summed E-state index contributed by atoms with van der Waals surface area (Å²) in [6, 6.07) is 6.21. The Kier molecular flexibility index (Phi) is 6.16. The maximum Gasteiger partial charge on any atom is 0.0454 e. The minimum Gasteiger partial charge on any atom is -0.314 e. The number of hydrogen-bond donors (Lipinski definition) is 1. The number of benzene rings is 1. The van der Waals surface area contributed by atoms with Gasteiger partial charge in [0.2, 0.25) is 0 Å². The van der Waals surface area contributed by atoms with Crippen molar-refractivity contribution in [1.29, 1.82) is 0 Å². The van der Waals surface area contributed by atoms with E-state index in [9.17, 15) is 0 Å². The normalized spacial score (nSPS) is 18.4. The van der Waals surface area contributed by atoms with E-state index in [1.54, 1.807) is 0 Å². The first-order chi connectivity index (χ1) is 9.58. The Morgan fingerprint density at radius 1 is 1.15 bits per heavy atom. The van der Waals surface area contributed by atoms with Crippen molar-refractivity contribution in [2.75, 3.05) is 26.2 Å². The van der Waals surface area contributed by atoms with E-state index in [1.807, 2.05) is 18.2 Å². The smallest absolute Gasteiger partial charge is 0.0454 e. The van der Waals surface area contributed by atoms with Crippen LogP contribution in [-0.4, -0.2) is 31.1 Å². The summed E-state index contributed by atoms with van der Waals surface area (Å²) >= 11 is 12.6. The van der Waals surface area contributed by atoms with Gasteiger partial charge in [0.15, 0.2) is 0 Å². The molecule has 0 aromatic heterocycles. The maximum atomic E-state index is 6.42. The zero-order chi connectivity index (χ0) is 14.5. The van der Waals surface area contributed by atoms with Crippen molar-refractivity contribution < 1.29 is 0 Å². The monoisotopic (exact) mass is 314 g/mol. The second-order valence-corrected chi connectivity index (χ2v) is 6.78. The molecule has 1 atom stereocenters. The third kappa shape index (κ3) is 4.36. The van der Waals surface area contributed by atoms with Crippen molar-refractivity contribution in [2.45, 2.75) is 32.7 Å². The molecule has 20 heavy (non-hydrogen) atoms. The van der Waals surface area contributed by atoms with Crippen molar-refractivity contribution in [1.82, 2.24) is 10.2 Å². The quantitative estimate of drug-likeness (QED) is 0.867. The van der Waals surface area contributed by atoms with Gasteiger partial charge in [0.05, 0.1) is 0 Å². The number of nitrogens with one attached hydrogen (secondary N) is 1. The highest BCUT2D eigenvalue weighted by Gasteiger charge is 2.24. The van der Waals surface area contributed by atoms with Crippen molar-refractivity contribution in [3.05, 3.63) is 33.8 Å². The van der Waals surface area contributed by atoms with Gasteiger partial charge in [-0.2, -0.15) is 0 Å². The molecule has 2 nitrogen and oxygen atoms in total. The lowest BCUT2D eigenvalue weighted by Gasteiger charge is -2.36. The van der Waals surface area contributed by atoms with Gasteiger partial charge < -0.3 is 5.32 Å². The summed E-state index contributed by atoms with van der Waals surface area (Å²) < 4.78 is 0. The Balaban J connectivity index is 2.21. The second kappa shape index (κ2) is 7.65. The summed E-state index contributed by atoms with van der Waals surface area (Å²) in [6.07, 6.45) is 2.34. The number of hydrogen-bond acceptors (Lipinski definition) is 2. The molecule has 1 aliphatic rings. The fourth-order valence-corrected chi connectivity index (χ4v) is 3.21. The first-order valence-electron chi connectivity index (χ1n) is 7.47. The SMILES string of the molecule is CC(C)CC[C@@H](c1cc(Cl)ccc1Cl)N1CCNCC1. The molecule has 1 fully saturated rings. The molecule has 0 saturated carbocycles. The molecule has 0 radical (unpaired) electrons. The van der Waals surface area contributed by atoms with E-state index >= 15 is 0 Å². The lowest BCUT2D eigenvalue weighted by molar-refractivity contribution is 0.160. The number of halogens is 2. The number of piperazine rings is 1. The molecule has 0 bridgehead atoms. The summed E-state index contributed by atoms with van der Waals surface area (Å²) in [6.45, 7) is 8.80. The third-order valence-corrected chi connectivity index (χ3v) is 4.51. The van der Waals surface area contributed by atoms with Crippen LogP contribution < -0.4 is 5.32 Å². The molecule has 0 amide bonds.